The van der Waals surface area contributed by atoms with Crippen LogP contribution in [0.4, 0.5) is 6.01 Å². The van der Waals surface area contributed by atoms with Crippen LogP contribution in [-0.2, 0) is 17.9 Å². The quantitative estimate of drug-likeness (QED) is 0.718. The number of carbonyl (C=O) groups excluding carboxylic acids is 1. The van der Waals surface area contributed by atoms with Gasteiger partial charge in [-0.15, -0.1) is 0 Å². The van der Waals surface area contributed by atoms with E-state index < -0.39 is 0 Å². The van der Waals surface area contributed by atoms with Crippen LogP contribution in [0.25, 0.3) is 11.2 Å². The number of piperidine rings is 1. The van der Waals surface area contributed by atoms with Crippen LogP contribution in [0.5, 0.6) is 0 Å². The van der Waals surface area contributed by atoms with E-state index in [0.29, 0.717) is 30.2 Å². The minimum absolute atomic E-state index is 0.0622. The minimum atomic E-state index is 0.0622. The van der Waals surface area contributed by atoms with Crippen molar-refractivity contribution in [1.82, 2.24) is 24.8 Å². The maximum atomic E-state index is 12.3. The van der Waals surface area contributed by atoms with Crippen molar-refractivity contribution in [2.45, 2.75) is 39.3 Å². The highest BCUT2D eigenvalue weighted by Gasteiger charge is 2.25. The molecule has 0 bridgehead atoms. The van der Waals surface area contributed by atoms with Crippen LogP contribution in [0, 0.1) is 5.92 Å². The number of aryl methyl sites for hydroxylation is 1. The number of oxazole rings is 1. The standard InChI is InChI=1S/C19H24N6O2/c1-2-24-12-15(22-13-24)10-21-17(26)9-14-5-4-8-25(11-14)19-23-18-16(27-19)6-3-7-20-18/h3,6-7,12-14H,2,4-5,8-11H2,1H3,(H,21,26). The Bertz CT molecular complexity index is 885. The summed E-state index contributed by atoms with van der Waals surface area (Å²) < 4.78 is 7.82. The predicted molar refractivity (Wildman–Crippen MR) is 101 cm³/mol. The Kier molecular flexibility index (Phi) is 5.04. The van der Waals surface area contributed by atoms with Gasteiger partial charge < -0.3 is 19.2 Å². The molecule has 1 atom stereocenters. The highest BCUT2D eigenvalue weighted by molar-refractivity contribution is 5.76. The van der Waals surface area contributed by atoms with E-state index >= 15 is 0 Å². The van der Waals surface area contributed by atoms with E-state index in [1.165, 1.54) is 0 Å². The summed E-state index contributed by atoms with van der Waals surface area (Å²) in [4.78, 5) is 27.4. The van der Waals surface area contributed by atoms with Crippen LogP contribution < -0.4 is 10.2 Å². The number of aromatic nitrogens is 4. The van der Waals surface area contributed by atoms with E-state index in [-0.39, 0.29) is 11.8 Å². The van der Waals surface area contributed by atoms with Gasteiger partial charge in [-0.2, -0.15) is 4.98 Å². The zero-order valence-corrected chi connectivity index (χ0v) is 15.5. The molecule has 0 spiro atoms. The van der Waals surface area contributed by atoms with Crippen LogP contribution >= 0.6 is 0 Å². The monoisotopic (exact) mass is 368 g/mol. The van der Waals surface area contributed by atoms with E-state index in [0.717, 1.165) is 38.2 Å². The second kappa shape index (κ2) is 7.77. The number of fused-ring (bicyclic) bond motifs is 1. The summed E-state index contributed by atoms with van der Waals surface area (Å²) in [5.41, 5.74) is 2.20. The fourth-order valence-electron chi connectivity index (χ4n) is 3.49. The van der Waals surface area contributed by atoms with Crippen molar-refractivity contribution in [3.63, 3.8) is 0 Å². The minimum Gasteiger partial charge on any atom is -0.422 e. The lowest BCUT2D eigenvalue weighted by Gasteiger charge is -2.31. The SMILES string of the molecule is CCn1cnc(CNC(=O)CC2CCCN(c3nc4ncccc4o3)C2)c1. The number of nitrogens with zero attached hydrogens (tertiary/aromatic N) is 5. The van der Waals surface area contributed by atoms with Crippen LogP contribution in [0.15, 0.2) is 35.3 Å². The summed E-state index contributed by atoms with van der Waals surface area (Å²) in [6, 6.07) is 4.30. The average Bonchev–Trinajstić information content (AvgIpc) is 3.33. The van der Waals surface area contributed by atoms with Gasteiger partial charge in [0.15, 0.2) is 5.58 Å². The molecule has 1 unspecified atom stereocenters. The lowest BCUT2D eigenvalue weighted by molar-refractivity contribution is -0.122. The fraction of sp³-hybridized carbons (Fsp3) is 0.474. The van der Waals surface area contributed by atoms with Gasteiger partial charge in [-0.05, 0) is 37.8 Å². The second-order valence-corrected chi connectivity index (χ2v) is 6.95. The zero-order valence-electron chi connectivity index (χ0n) is 15.5. The number of rotatable bonds is 6. The van der Waals surface area contributed by atoms with Gasteiger partial charge in [0, 0.05) is 38.4 Å². The molecule has 3 aromatic rings. The number of carbonyl (C=O) groups is 1. The fourth-order valence-corrected chi connectivity index (χ4v) is 3.49. The molecule has 142 valence electrons. The molecule has 3 aromatic heterocycles. The first-order valence-electron chi connectivity index (χ1n) is 9.45. The molecule has 1 aliphatic rings. The maximum Gasteiger partial charge on any atom is 0.299 e. The Labute approximate surface area is 157 Å². The van der Waals surface area contributed by atoms with Gasteiger partial charge in [-0.3, -0.25) is 4.79 Å². The van der Waals surface area contributed by atoms with E-state index in [2.05, 4.69) is 32.1 Å². The average molecular weight is 368 g/mol. The summed E-state index contributed by atoms with van der Waals surface area (Å²) in [5.74, 6) is 0.349. The third-order valence-electron chi connectivity index (χ3n) is 4.94. The van der Waals surface area contributed by atoms with Crippen LogP contribution in [0.2, 0.25) is 0 Å². The van der Waals surface area contributed by atoms with Crippen molar-refractivity contribution < 1.29 is 9.21 Å². The molecule has 0 saturated carbocycles. The van der Waals surface area contributed by atoms with Crippen LogP contribution in [0.3, 0.4) is 0 Å². The summed E-state index contributed by atoms with van der Waals surface area (Å²) >= 11 is 0. The first-order chi connectivity index (χ1) is 13.2. The molecule has 0 radical (unpaired) electrons. The zero-order chi connectivity index (χ0) is 18.6. The van der Waals surface area contributed by atoms with Gasteiger partial charge in [-0.25, -0.2) is 9.97 Å². The topological polar surface area (TPSA) is 89.1 Å². The summed E-state index contributed by atoms with van der Waals surface area (Å²) in [7, 11) is 0. The molecule has 1 saturated heterocycles. The Morgan fingerprint density at radius 1 is 1.41 bits per heavy atom. The van der Waals surface area contributed by atoms with Crippen LogP contribution in [0.1, 0.15) is 31.9 Å². The first-order valence-corrected chi connectivity index (χ1v) is 9.45. The highest BCUT2D eigenvalue weighted by Crippen LogP contribution is 2.26. The van der Waals surface area contributed by atoms with Crippen molar-refractivity contribution in [3.05, 3.63) is 36.5 Å². The number of pyridine rings is 1. The van der Waals surface area contributed by atoms with E-state index in [4.69, 9.17) is 4.42 Å². The number of imidazole rings is 1. The first kappa shape index (κ1) is 17.5. The molecular formula is C19H24N6O2. The molecule has 4 heterocycles. The van der Waals surface area contributed by atoms with E-state index in [1.807, 2.05) is 22.9 Å². The summed E-state index contributed by atoms with van der Waals surface area (Å²) in [6.45, 7) is 5.07. The van der Waals surface area contributed by atoms with Gasteiger partial charge in [0.25, 0.3) is 6.01 Å². The Balaban J connectivity index is 1.31. The molecule has 8 heteroatoms. The largest absolute Gasteiger partial charge is 0.422 e. The third-order valence-corrected chi connectivity index (χ3v) is 4.94. The van der Waals surface area contributed by atoms with E-state index in [9.17, 15) is 4.79 Å². The van der Waals surface area contributed by atoms with Gasteiger partial charge in [0.2, 0.25) is 11.6 Å². The maximum absolute atomic E-state index is 12.3. The molecule has 1 amide bonds. The van der Waals surface area contributed by atoms with Crippen molar-refractivity contribution in [3.8, 4) is 0 Å². The van der Waals surface area contributed by atoms with Gasteiger partial charge in [0.05, 0.1) is 18.6 Å². The van der Waals surface area contributed by atoms with Gasteiger partial charge in [0.1, 0.15) is 0 Å². The predicted octanol–water partition coefficient (Wildman–Crippen LogP) is 2.36. The summed E-state index contributed by atoms with van der Waals surface area (Å²) in [6.07, 6.45) is 8.02. The van der Waals surface area contributed by atoms with Crippen LogP contribution in [-0.4, -0.2) is 38.5 Å². The third kappa shape index (κ3) is 4.10. The number of hydrogen-bond acceptors (Lipinski definition) is 6. The second-order valence-electron chi connectivity index (χ2n) is 6.95. The lowest BCUT2D eigenvalue weighted by Crippen LogP contribution is -2.38. The molecule has 0 aliphatic carbocycles. The van der Waals surface area contributed by atoms with Crippen molar-refractivity contribution in [2.75, 3.05) is 18.0 Å². The Morgan fingerprint density at radius 3 is 3.15 bits per heavy atom. The van der Waals surface area contributed by atoms with Crippen molar-refractivity contribution in [2.24, 2.45) is 5.92 Å². The molecule has 0 aromatic carbocycles. The smallest absolute Gasteiger partial charge is 0.299 e. The van der Waals surface area contributed by atoms with Gasteiger partial charge >= 0.3 is 0 Å². The molecule has 4 rings (SSSR count). The van der Waals surface area contributed by atoms with Gasteiger partial charge in [-0.1, -0.05) is 0 Å². The Morgan fingerprint density at radius 2 is 2.33 bits per heavy atom. The highest BCUT2D eigenvalue weighted by atomic mass is 16.4. The molecule has 27 heavy (non-hydrogen) atoms. The molecule has 8 nitrogen and oxygen atoms in total. The van der Waals surface area contributed by atoms with Crippen molar-refractivity contribution in [1.29, 1.82) is 0 Å². The Hall–Kier alpha value is -2.90. The normalized spacial score (nSPS) is 17.4. The molecule has 1 fully saturated rings. The van der Waals surface area contributed by atoms with Crippen molar-refractivity contribution >= 4 is 23.2 Å². The van der Waals surface area contributed by atoms with E-state index in [1.54, 1.807) is 12.5 Å². The number of anilines is 1. The number of hydrogen-bond donors (Lipinski definition) is 1. The molecule has 1 aliphatic heterocycles. The summed E-state index contributed by atoms with van der Waals surface area (Å²) in [5, 5.41) is 2.98. The number of nitrogens with one attached hydrogen (secondary N) is 1. The molecule has 1 N–H and O–H groups in total. The molecular weight excluding hydrogens is 344 g/mol. The number of amides is 1. The lowest BCUT2D eigenvalue weighted by atomic mass is 9.94.